The normalized spacial score (nSPS) is 45.6. The van der Waals surface area contributed by atoms with Crippen molar-refractivity contribution in [2.24, 2.45) is 16.7 Å². The minimum Gasteiger partial charge on any atom is -0.393 e. The van der Waals surface area contributed by atoms with Gasteiger partial charge < -0.3 is 15.3 Å². The zero-order valence-electron chi connectivity index (χ0n) is 12.1. The van der Waals surface area contributed by atoms with Gasteiger partial charge in [-0.1, -0.05) is 20.8 Å². The van der Waals surface area contributed by atoms with E-state index in [9.17, 15) is 20.1 Å². The summed E-state index contributed by atoms with van der Waals surface area (Å²) >= 11 is 0. The van der Waals surface area contributed by atoms with Crippen LogP contribution in [0.3, 0.4) is 0 Å². The fourth-order valence-corrected chi connectivity index (χ4v) is 4.55. The van der Waals surface area contributed by atoms with Crippen LogP contribution in [0.25, 0.3) is 0 Å². The van der Waals surface area contributed by atoms with E-state index < -0.39 is 29.1 Å². The Balaban J connectivity index is 2.64. The maximum absolute atomic E-state index is 12.4. The summed E-state index contributed by atoms with van der Waals surface area (Å²) < 4.78 is 0. The Morgan fingerprint density at radius 1 is 1.32 bits per heavy atom. The van der Waals surface area contributed by atoms with E-state index in [0.29, 0.717) is 18.4 Å². The summed E-state index contributed by atoms with van der Waals surface area (Å²) in [4.78, 5) is 12.4. The third kappa shape index (κ3) is 1.81. The molecule has 3 N–H and O–H groups in total. The lowest BCUT2D eigenvalue weighted by Gasteiger charge is -2.59. The van der Waals surface area contributed by atoms with Crippen LogP contribution < -0.4 is 0 Å². The van der Waals surface area contributed by atoms with E-state index in [1.807, 2.05) is 20.8 Å². The van der Waals surface area contributed by atoms with Crippen molar-refractivity contribution in [3.8, 4) is 0 Å². The van der Waals surface area contributed by atoms with Crippen LogP contribution in [0.2, 0.25) is 0 Å². The second-order valence-corrected chi connectivity index (χ2v) is 7.15. The van der Waals surface area contributed by atoms with Crippen molar-refractivity contribution in [3.63, 3.8) is 0 Å². The van der Waals surface area contributed by atoms with Crippen molar-refractivity contribution < 1.29 is 20.1 Å². The van der Waals surface area contributed by atoms with Crippen LogP contribution in [0.5, 0.6) is 0 Å². The first-order valence-corrected chi connectivity index (χ1v) is 6.82. The highest BCUT2D eigenvalue weighted by molar-refractivity contribution is 5.95. The molecule has 0 heterocycles. The van der Waals surface area contributed by atoms with Crippen molar-refractivity contribution in [1.82, 2.24) is 0 Å². The highest BCUT2D eigenvalue weighted by atomic mass is 16.3. The van der Waals surface area contributed by atoms with Gasteiger partial charge in [-0.3, -0.25) is 4.79 Å². The van der Waals surface area contributed by atoms with Gasteiger partial charge in [0.1, 0.15) is 5.60 Å². The number of hydrogen-bond donors (Lipinski definition) is 3. The summed E-state index contributed by atoms with van der Waals surface area (Å²) in [5.41, 5.74) is -2.18. The van der Waals surface area contributed by atoms with Gasteiger partial charge in [0.05, 0.1) is 12.7 Å². The maximum atomic E-state index is 12.4. The second kappa shape index (κ2) is 4.14. The number of allylic oxidation sites excluding steroid dienone is 1. The fourth-order valence-electron chi connectivity index (χ4n) is 4.55. The number of fused-ring (bicyclic) bond motifs is 1. The molecule has 0 aromatic heterocycles. The quantitative estimate of drug-likeness (QED) is 0.664. The molecule has 0 unspecified atom stereocenters. The van der Waals surface area contributed by atoms with E-state index in [1.54, 1.807) is 6.92 Å². The monoisotopic (exact) mass is 268 g/mol. The van der Waals surface area contributed by atoms with E-state index in [0.717, 1.165) is 0 Å². The molecule has 0 bridgehead atoms. The van der Waals surface area contributed by atoms with Crippen LogP contribution in [0, 0.1) is 16.7 Å². The average Bonchev–Trinajstić information content (AvgIpc) is 2.22. The lowest BCUT2D eigenvalue weighted by Crippen LogP contribution is -2.65. The van der Waals surface area contributed by atoms with Crippen molar-refractivity contribution in [2.75, 3.05) is 6.61 Å². The Kier molecular flexibility index (Phi) is 3.20. The van der Waals surface area contributed by atoms with Gasteiger partial charge in [0, 0.05) is 11.3 Å². The van der Waals surface area contributed by atoms with E-state index in [1.165, 1.54) is 6.08 Å². The van der Waals surface area contributed by atoms with Gasteiger partial charge >= 0.3 is 0 Å². The molecule has 0 aliphatic heterocycles. The summed E-state index contributed by atoms with van der Waals surface area (Å²) in [7, 11) is 0. The standard InChI is InChI=1S/C15H24O4/c1-9-5-11(18)12-13(2,3)6-10(17)7-14(12,4)15(9,19)8-16/h5,10,12,16-17,19H,6-8H2,1-4H3/t10-,12-,14+,15+/m0/s1. The molecule has 0 spiro atoms. The smallest absolute Gasteiger partial charge is 0.160 e. The molecule has 2 aliphatic carbocycles. The molecule has 0 aromatic carbocycles. The van der Waals surface area contributed by atoms with E-state index in [2.05, 4.69) is 0 Å². The minimum absolute atomic E-state index is 0.00461. The van der Waals surface area contributed by atoms with Gasteiger partial charge in [-0.25, -0.2) is 0 Å². The van der Waals surface area contributed by atoms with Crippen molar-refractivity contribution in [3.05, 3.63) is 11.6 Å². The van der Waals surface area contributed by atoms with Gasteiger partial charge in [0.2, 0.25) is 0 Å². The molecule has 0 aromatic rings. The molecule has 0 radical (unpaired) electrons. The van der Waals surface area contributed by atoms with E-state index in [-0.39, 0.29) is 11.7 Å². The third-order valence-corrected chi connectivity index (χ3v) is 5.31. The summed E-state index contributed by atoms with van der Waals surface area (Å²) in [6, 6.07) is 0. The Labute approximate surface area is 114 Å². The molecule has 4 heteroatoms. The number of aliphatic hydroxyl groups excluding tert-OH is 2. The lowest BCUT2D eigenvalue weighted by molar-refractivity contribution is -0.186. The topological polar surface area (TPSA) is 77.8 Å². The third-order valence-electron chi connectivity index (χ3n) is 5.31. The summed E-state index contributed by atoms with van der Waals surface area (Å²) in [6.07, 6.45) is 1.76. The summed E-state index contributed by atoms with van der Waals surface area (Å²) in [5, 5.41) is 30.7. The summed E-state index contributed by atoms with van der Waals surface area (Å²) in [6.45, 7) is 6.94. The Bertz CT molecular complexity index is 439. The van der Waals surface area contributed by atoms with Crippen LogP contribution in [0.4, 0.5) is 0 Å². The van der Waals surface area contributed by atoms with Gasteiger partial charge in [-0.2, -0.15) is 0 Å². The van der Waals surface area contributed by atoms with Crippen molar-refractivity contribution >= 4 is 5.78 Å². The molecule has 108 valence electrons. The van der Waals surface area contributed by atoms with Crippen LogP contribution in [0.15, 0.2) is 11.6 Å². The van der Waals surface area contributed by atoms with Crippen molar-refractivity contribution in [1.29, 1.82) is 0 Å². The van der Waals surface area contributed by atoms with Gasteiger partial charge in [0.25, 0.3) is 0 Å². The first kappa shape index (κ1) is 14.7. The van der Waals surface area contributed by atoms with Crippen molar-refractivity contribution in [2.45, 2.75) is 52.2 Å². The molecule has 1 saturated carbocycles. The molecule has 0 amide bonds. The molecule has 4 nitrogen and oxygen atoms in total. The predicted molar refractivity (Wildman–Crippen MR) is 71.4 cm³/mol. The molecule has 2 rings (SSSR count). The SMILES string of the molecule is CC1=CC(=O)[C@H]2C(C)(C)C[C@H](O)C[C@@]2(C)[C@@]1(O)CO. The number of aliphatic hydroxyl groups is 3. The van der Waals surface area contributed by atoms with E-state index >= 15 is 0 Å². The molecule has 4 atom stereocenters. The first-order valence-electron chi connectivity index (χ1n) is 6.82. The number of ketones is 1. The molecular weight excluding hydrogens is 244 g/mol. The highest BCUT2D eigenvalue weighted by Crippen LogP contribution is 2.59. The van der Waals surface area contributed by atoms with Gasteiger partial charge in [0.15, 0.2) is 5.78 Å². The Hall–Kier alpha value is -0.710. The Morgan fingerprint density at radius 3 is 2.42 bits per heavy atom. The second-order valence-electron chi connectivity index (χ2n) is 7.15. The zero-order chi connectivity index (χ0) is 14.6. The number of carbonyl (C=O) groups is 1. The summed E-state index contributed by atoms with van der Waals surface area (Å²) in [5.74, 6) is -0.390. The lowest BCUT2D eigenvalue weighted by atomic mass is 9.46. The highest BCUT2D eigenvalue weighted by Gasteiger charge is 2.63. The number of rotatable bonds is 1. The van der Waals surface area contributed by atoms with Gasteiger partial charge in [-0.05, 0) is 36.8 Å². The number of carbonyl (C=O) groups excluding carboxylic acids is 1. The van der Waals surface area contributed by atoms with Crippen LogP contribution in [-0.4, -0.2) is 39.4 Å². The molecule has 2 aliphatic rings. The largest absolute Gasteiger partial charge is 0.393 e. The van der Waals surface area contributed by atoms with Gasteiger partial charge in [-0.15, -0.1) is 0 Å². The predicted octanol–water partition coefficient (Wildman–Crippen LogP) is 1.04. The minimum atomic E-state index is -1.44. The fraction of sp³-hybridized carbons (Fsp3) is 0.800. The molecular formula is C15H24O4. The maximum Gasteiger partial charge on any atom is 0.160 e. The molecule has 19 heavy (non-hydrogen) atoms. The Morgan fingerprint density at radius 2 is 1.89 bits per heavy atom. The van der Waals surface area contributed by atoms with Crippen LogP contribution in [0.1, 0.15) is 40.5 Å². The zero-order valence-corrected chi connectivity index (χ0v) is 12.1. The van der Waals surface area contributed by atoms with Crippen LogP contribution >= 0.6 is 0 Å². The van der Waals surface area contributed by atoms with E-state index in [4.69, 9.17) is 0 Å². The number of hydrogen-bond acceptors (Lipinski definition) is 4. The molecule has 1 fully saturated rings. The van der Waals surface area contributed by atoms with Crippen LogP contribution in [-0.2, 0) is 4.79 Å². The average molecular weight is 268 g/mol. The molecule has 0 saturated heterocycles. The first-order chi connectivity index (χ1) is 8.58.